The van der Waals surface area contributed by atoms with Gasteiger partial charge in [-0.3, -0.25) is 9.69 Å². The van der Waals surface area contributed by atoms with Gasteiger partial charge in [0.1, 0.15) is 5.54 Å². The van der Waals surface area contributed by atoms with E-state index < -0.39 is 5.54 Å². The minimum Gasteiger partial charge on any atom is -0.468 e. The molecule has 0 aliphatic carbocycles. The molecule has 1 rings (SSSR count). The summed E-state index contributed by atoms with van der Waals surface area (Å²) < 4.78 is 10.6. The van der Waals surface area contributed by atoms with E-state index >= 15 is 0 Å². The fourth-order valence-corrected chi connectivity index (χ4v) is 2.48. The number of methoxy groups -OCH3 is 1. The van der Waals surface area contributed by atoms with Crippen LogP contribution in [0.5, 0.6) is 0 Å². The molecule has 1 saturated heterocycles. The molecule has 0 bridgehead atoms. The minimum absolute atomic E-state index is 0.204. The predicted octanol–water partition coefficient (Wildman–Crippen LogP) is 1.03. The lowest BCUT2D eigenvalue weighted by Gasteiger charge is -2.39. The van der Waals surface area contributed by atoms with Gasteiger partial charge in [-0.05, 0) is 33.7 Å². The molecule has 1 aliphatic heterocycles. The topological polar surface area (TPSA) is 50.8 Å². The first-order chi connectivity index (χ1) is 8.96. The third-order valence-electron chi connectivity index (χ3n) is 4.14. The largest absolute Gasteiger partial charge is 0.468 e. The summed E-state index contributed by atoms with van der Waals surface area (Å²) >= 11 is 0. The molecule has 1 aliphatic rings. The molecule has 1 N–H and O–H groups in total. The number of hydrogen-bond acceptors (Lipinski definition) is 5. The van der Waals surface area contributed by atoms with Crippen molar-refractivity contribution in [1.29, 1.82) is 0 Å². The first-order valence-electron chi connectivity index (χ1n) is 7.09. The molecule has 0 aromatic carbocycles. The Labute approximate surface area is 116 Å². The molecule has 0 aromatic heterocycles. The van der Waals surface area contributed by atoms with Crippen LogP contribution in [-0.2, 0) is 14.3 Å². The lowest BCUT2D eigenvalue weighted by atomic mass is 9.97. The smallest absolute Gasteiger partial charge is 0.325 e. The first kappa shape index (κ1) is 16.4. The maximum absolute atomic E-state index is 11.8. The van der Waals surface area contributed by atoms with Gasteiger partial charge >= 0.3 is 5.97 Å². The van der Waals surface area contributed by atoms with Crippen molar-refractivity contribution >= 4 is 5.97 Å². The molecule has 5 heteroatoms. The van der Waals surface area contributed by atoms with Crippen molar-refractivity contribution in [2.24, 2.45) is 0 Å². The summed E-state index contributed by atoms with van der Waals surface area (Å²) in [6.07, 6.45) is 2.07. The van der Waals surface area contributed by atoms with E-state index in [4.69, 9.17) is 9.47 Å². The van der Waals surface area contributed by atoms with Crippen LogP contribution < -0.4 is 5.32 Å². The van der Waals surface area contributed by atoms with Gasteiger partial charge in [-0.1, -0.05) is 6.92 Å². The number of hydrogen-bond donors (Lipinski definition) is 1. The number of carbonyl (C=O) groups excluding carboxylic acids is 1. The van der Waals surface area contributed by atoms with Crippen LogP contribution in [0, 0.1) is 0 Å². The Kier molecular flexibility index (Phi) is 6.23. The minimum atomic E-state index is -0.616. The van der Waals surface area contributed by atoms with Crippen molar-refractivity contribution in [1.82, 2.24) is 10.2 Å². The lowest BCUT2D eigenvalue weighted by molar-refractivity contribution is -0.148. The number of nitrogens with one attached hydrogen (secondary N) is 1. The molecule has 0 amide bonds. The quantitative estimate of drug-likeness (QED) is 0.732. The number of esters is 1. The van der Waals surface area contributed by atoms with E-state index in [0.29, 0.717) is 6.04 Å². The molecule has 0 saturated carbocycles. The normalized spacial score (nSPS) is 27.8. The number of morpholine rings is 1. The maximum Gasteiger partial charge on any atom is 0.325 e. The van der Waals surface area contributed by atoms with E-state index in [1.807, 2.05) is 6.92 Å². The molecular weight excluding hydrogens is 244 g/mol. The average Bonchev–Trinajstić information content (AvgIpc) is 2.43. The van der Waals surface area contributed by atoms with Crippen LogP contribution >= 0.6 is 0 Å². The average molecular weight is 272 g/mol. The second kappa shape index (κ2) is 7.22. The summed E-state index contributed by atoms with van der Waals surface area (Å²) in [5.41, 5.74) is -0.616. The van der Waals surface area contributed by atoms with Gasteiger partial charge in [0.15, 0.2) is 0 Å². The van der Waals surface area contributed by atoms with E-state index in [1.165, 1.54) is 7.11 Å². The van der Waals surface area contributed by atoms with Crippen molar-refractivity contribution in [3.05, 3.63) is 0 Å². The molecule has 19 heavy (non-hydrogen) atoms. The van der Waals surface area contributed by atoms with Gasteiger partial charge in [0.05, 0.1) is 19.8 Å². The van der Waals surface area contributed by atoms with Gasteiger partial charge in [0, 0.05) is 19.1 Å². The highest BCUT2D eigenvalue weighted by molar-refractivity contribution is 5.80. The Morgan fingerprint density at radius 1 is 1.58 bits per heavy atom. The third-order valence-corrected chi connectivity index (χ3v) is 4.14. The highest BCUT2D eigenvalue weighted by Crippen LogP contribution is 2.18. The van der Waals surface area contributed by atoms with Gasteiger partial charge in [0.2, 0.25) is 0 Å². The first-order valence-corrected chi connectivity index (χ1v) is 7.09. The second-order valence-electron chi connectivity index (χ2n) is 5.52. The SMILES string of the molecule is CCC1COC(C)CN1CCC(C)(NC)C(=O)OC. The summed E-state index contributed by atoms with van der Waals surface area (Å²) in [6.45, 7) is 8.75. The summed E-state index contributed by atoms with van der Waals surface area (Å²) in [5, 5.41) is 3.08. The van der Waals surface area contributed by atoms with Crippen LogP contribution in [0.3, 0.4) is 0 Å². The fraction of sp³-hybridized carbons (Fsp3) is 0.929. The lowest BCUT2D eigenvalue weighted by Crippen LogP contribution is -2.54. The predicted molar refractivity (Wildman–Crippen MR) is 75.2 cm³/mol. The Balaban J connectivity index is 2.59. The number of ether oxygens (including phenoxy) is 2. The molecule has 112 valence electrons. The van der Waals surface area contributed by atoms with E-state index in [9.17, 15) is 4.79 Å². The standard InChI is InChI=1S/C14H28N2O3/c1-6-12-10-19-11(2)9-16(12)8-7-14(3,15-4)13(17)18-5/h11-12,15H,6-10H2,1-5H3. The van der Waals surface area contributed by atoms with Crippen LogP contribution in [-0.4, -0.2) is 62.4 Å². The van der Waals surface area contributed by atoms with E-state index in [0.717, 1.165) is 32.5 Å². The Hall–Kier alpha value is -0.650. The highest BCUT2D eigenvalue weighted by Gasteiger charge is 2.34. The van der Waals surface area contributed by atoms with Crippen molar-refractivity contribution in [3.63, 3.8) is 0 Å². The molecule has 3 atom stereocenters. The van der Waals surface area contributed by atoms with Crippen molar-refractivity contribution in [2.45, 2.75) is 51.3 Å². The Bertz CT molecular complexity index is 298. The molecule has 0 radical (unpaired) electrons. The molecule has 5 nitrogen and oxygen atoms in total. The number of nitrogens with zero attached hydrogens (tertiary/aromatic N) is 1. The zero-order chi connectivity index (χ0) is 14.5. The van der Waals surface area contributed by atoms with Crippen LogP contribution in [0.1, 0.15) is 33.6 Å². The molecule has 0 spiro atoms. The number of likely N-dealkylation sites (N-methyl/N-ethyl adjacent to an activating group) is 1. The van der Waals surface area contributed by atoms with Crippen LogP contribution in [0.25, 0.3) is 0 Å². The van der Waals surface area contributed by atoms with Crippen molar-refractivity contribution in [3.8, 4) is 0 Å². The van der Waals surface area contributed by atoms with Crippen molar-refractivity contribution in [2.75, 3.05) is 33.9 Å². The van der Waals surface area contributed by atoms with E-state index in [2.05, 4.69) is 24.1 Å². The molecule has 3 unspecified atom stereocenters. The fourth-order valence-electron chi connectivity index (χ4n) is 2.48. The Morgan fingerprint density at radius 2 is 2.26 bits per heavy atom. The number of rotatable bonds is 6. The van der Waals surface area contributed by atoms with Gasteiger partial charge in [0.25, 0.3) is 0 Å². The summed E-state index contributed by atoms with van der Waals surface area (Å²) in [7, 11) is 3.24. The zero-order valence-electron chi connectivity index (χ0n) is 12.9. The van der Waals surface area contributed by atoms with Crippen LogP contribution in [0.4, 0.5) is 0 Å². The molecule has 1 fully saturated rings. The zero-order valence-corrected chi connectivity index (χ0v) is 12.9. The summed E-state index contributed by atoms with van der Waals surface area (Å²) in [4.78, 5) is 14.2. The Morgan fingerprint density at radius 3 is 2.79 bits per heavy atom. The summed E-state index contributed by atoms with van der Waals surface area (Å²) in [5.74, 6) is -0.204. The second-order valence-corrected chi connectivity index (χ2v) is 5.52. The van der Waals surface area contributed by atoms with Crippen LogP contribution in [0.15, 0.2) is 0 Å². The molecule has 1 heterocycles. The molecule has 0 aromatic rings. The van der Waals surface area contributed by atoms with E-state index in [1.54, 1.807) is 7.05 Å². The van der Waals surface area contributed by atoms with E-state index in [-0.39, 0.29) is 12.1 Å². The van der Waals surface area contributed by atoms with Crippen LogP contribution in [0.2, 0.25) is 0 Å². The molecular formula is C14H28N2O3. The third kappa shape index (κ3) is 4.16. The van der Waals surface area contributed by atoms with Gasteiger partial charge in [-0.15, -0.1) is 0 Å². The van der Waals surface area contributed by atoms with Gasteiger partial charge in [-0.2, -0.15) is 0 Å². The summed E-state index contributed by atoms with van der Waals surface area (Å²) in [6, 6.07) is 0.454. The van der Waals surface area contributed by atoms with Crippen molar-refractivity contribution < 1.29 is 14.3 Å². The number of carbonyl (C=O) groups is 1. The monoisotopic (exact) mass is 272 g/mol. The van der Waals surface area contributed by atoms with Gasteiger partial charge < -0.3 is 14.8 Å². The highest BCUT2D eigenvalue weighted by atomic mass is 16.5. The maximum atomic E-state index is 11.8. The van der Waals surface area contributed by atoms with Gasteiger partial charge in [-0.25, -0.2) is 0 Å².